The highest BCUT2D eigenvalue weighted by atomic mass is 79.9. The highest BCUT2D eigenvalue weighted by molar-refractivity contribution is 9.12. The van der Waals surface area contributed by atoms with Crippen molar-refractivity contribution in [1.82, 2.24) is 0 Å². The number of ketones is 1. The van der Waals surface area contributed by atoms with Crippen LogP contribution in [0.4, 0.5) is 0 Å². The molecule has 0 atom stereocenters. The molecule has 1 aliphatic rings. The van der Waals surface area contributed by atoms with Crippen LogP contribution < -0.4 is 0 Å². The second-order valence-electron chi connectivity index (χ2n) is 3.90. The molecule has 12 heavy (non-hydrogen) atoms. The largest absolute Gasteiger partial charge is 0.298 e. The molecular formula is C9H11BrO2. The van der Waals surface area contributed by atoms with E-state index in [2.05, 4.69) is 15.9 Å². The first kappa shape index (κ1) is 9.65. The van der Waals surface area contributed by atoms with Gasteiger partial charge in [-0.2, -0.15) is 0 Å². The van der Waals surface area contributed by atoms with Crippen molar-refractivity contribution in [2.24, 2.45) is 5.41 Å². The van der Waals surface area contributed by atoms with Gasteiger partial charge >= 0.3 is 0 Å². The fourth-order valence-corrected chi connectivity index (χ4v) is 1.81. The number of aldehydes is 1. The van der Waals surface area contributed by atoms with Crippen LogP contribution in [0.25, 0.3) is 0 Å². The van der Waals surface area contributed by atoms with E-state index in [-0.39, 0.29) is 11.2 Å². The molecule has 0 amide bonds. The van der Waals surface area contributed by atoms with Gasteiger partial charge in [0.05, 0.1) is 4.48 Å². The van der Waals surface area contributed by atoms with Crippen LogP contribution >= 0.6 is 15.9 Å². The van der Waals surface area contributed by atoms with E-state index in [1.54, 1.807) is 0 Å². The Morgan fingerprint density at radius 3 is 2.50 bits per heavy atom. The Hall–Kier alpha value is -0.440. The molecule has 2 nitrogen and oxygen atoms in total. The number of carbonyl (C=O) groups is 2. The molecule has 0 spiro atoms. The number of hydrogen-bond donors (Lipinski definition) is 0. The maximum atomic E-state index is 11.3. The lowest BCUT2D eigenvalue weighted by Gasteiger charge is -2.28. The maximum absolute atomic E-state index is 11.3. The molecule has 0 saturated carbocycles. The van der Waals surface area contributed by atoms with Crippen LogP contribution in [-0.2, 0) is 9.59 Å². The van der Waals surface area contributed by atoms with E-state index in [4.69, 9.17) is 0 Å². The summed E-state index contributed by atoms with van der Waals surface area (Å²) in [7, 11) is 0. The average Bonchev–Trinajstić information content (AvgIpc) is 1.96. The minimum absolute atomic E-state index is 0.0355. The highest BCUT2D eigenvalue weighted by Gasteiger charge is 2.31. The van der Waals surface area contributed by atoms with Crippen LogP contribution in [0.1, 0.15) is 26.7 Å². The molecule has 0 N–H and O–H groups in total. The standard InChI is InChI=1S/C9H11BrO2/c1-9(2)3-6(5-11)8(10)7(12)4-9/h5H,3-4H2,1-2H3. The zero-order chi connectivity index (χ0) is 9.35. The molecule has 0 aromatic carbocycles. The Kier molecular flexibility index (Phi) is 2.52. The molecule has 1 aliphatic carbocycles. The number of Topliss-reactive ketones (excluding diaryl/α,β-unsaturated/α-hetero) is 1. The maximum Gasteiger partial charge on any atom is 0.170 e. The first-order valence-corrected chi connectivity index (χ1v) is 4.62. The van der Waals surface area contributed by atoms with Crippen molar-refractivity contribution in [2.45, 2.75) is 26.7 Å². The van der Waals surface area contributed by atoms with E-state index < -0.39 is 0 Å². The van der Waals surface area contributed by atoms with E-state index in [1.165, 1.54) is 0 Å². The van der Waals surface area contributed by atoms with Gasteiger partial charge in [0.2, 0.25) is 0 Å². The lowest BCUT2D eigenvalue weighted by molar-refractivity contribution is -0.118. The van der Waals surface area contributed by atoms with Crippen molar-refractivity contribution >= 4 is 28.0 Å². The molecule has 66 valence electrons. The van der Waals surface area contributed by atoms with E-state index in [9.17, 15) is 9.59 Å². The molecule has 0 aliphatic heterocycles. The van der Waals surface area contributed by atoms with E-state index in [1.807, 2.05) is 13.8 Å². The quantitative estimate of drug-likeness (QED) is 0.648. The van der Waals surface area contributed by atoms with Gasteiger partial charge in [-0.15, -0.1) is 0 Å². The predicted molar refractivity (Wildman–Crippen MR) is 50.0 cm³/mol. The van der Waals surface area contributed by atoms with Crippen molar-refractivity contribution < 1.29 is 9.59 Å². The monoisotopic (exact) mass is 230 g/mol. The van der Waals surface area contributed by atoms with E-state index >= 15 is 0 Å². The molecule has 3 heteroatoms. The molecule has 0 fully saturated rings. The average molecular weight is 231 g/mol. The summed E-state index contributed by atoms with van der Waals surface area (Å²) in [5.74, 6) is 0.0355. The molecular weight excluding hydrogens is 220 g/mol. The van der Waals surface area contributed by atoms with Gasteiger partial charge in [0.15, 0.2) is 5.78 Å². The third kappa shape index (κ3) is 1.83. The van der Waals surface area contributed by atoms with Gasteiger partial charge < -0.3 is 0 Å². The molecule has 0 heterocycles. The van der Waals surface area contributed by atoms with Gasteiger partial charge in [-0.1, -0.05) is 13.8 Å². The molecule has 0 saturated heterocycles. The lowest BCUT2D eigenvalue weighted by Crippen LogP contribution is -2.24. The SMILES string of the molecule is CC1(C)CC(=O)C(Br)=C(C=O)C1. The van der Waals surface area contributed by atoms with Crippen LogP contribution in [0.5, 0.6) is 0 Å². The summed E-state index contributed by atoms with van der Waals surface area (Å²) in [4.78, 5) is 21.9. The normalized spacial score (nSPS) is 22.8. The molecule has 0 radical (unpaired) electrons. The van der Waals surface area contributed by atoms with Crippen LogP contribution in [0.15, 0.2) is 10.1 Å². The summed E-state index contributed by atoms with van der Waals surface area (Å²) in [6, 6.07) is 0. The molecule has 0 aromatic heterocycles. The number of allylic oxidation sites excluding steroid dienone is 2. The summed E-state index contributed by atoms with van der Waals surface area (Å²) in [5, 5.41) is 0. The van der Waals surface area contributed by atoms with Gasteiger partial charge in [-0.3, -0.25) is 9.59 Å². The highest BCUT2D eigenvalue weighted by Crippen LogP contribution is 2.37. The van der Waals surface area contributed by atoms with Crippen molar-refractivity contribution in [2.75, 3.05) is 0 Å². The fraction of sp³-hybridized carbons (Fsp3) is 0.556. The fourth-order valence-electron chi connectivity index (χ4n) is 1.44. The predicted octanol–water partition coefficient (Wildman–Crippen LogP) is 2.22. The second-order valence-corrected chi connectivity index (χ2v) is 4.69. The summed E-state index contributed by atoms with van der Waals surface area (Å²) >= 11 is 3.13. The minimum Gasteiger partial charge on any atom is -0.298 e. The molecule has 0 bridgehead atoms. The summed E-state index contributed by atoms with van der Waals surface area (Å²) < 4.78 is 0.469. The summed E-state index contributed by atoms with van der Waals surface area (Å²) in [5.41, 5.74) is 0.529. The van der Waals surface area contributed by atoms with Gasteiger partial charge in [-0.05, 0) is 27.8 Å². The van der Waals surface area contributed by atoms with Gasteiger partial charge in [0.25, 0.3) is 0 Å². The van der Waals surface area contributed by atoms with Gasteiger partial charge in [0, 0.05) is 12.0 Å². The number of rotatable bonds is 1. The van der Waals surface area contributed by atoms with Crippen LogP contribution in [-0.4, -0.2) is 12.1 Å². The Morgan fingerprint density at radius 1 is 1.42 bits per heavy atom. The lowest BCUT2D eigenvalue weighted by atomic mass is 9.77. The zero-order valence-electron chi connectivity index (χ0n) is 7.19. The van der Waals surface area contributed by atoms with Crippen molar-refractivity contribution in [3.63, 3.8) is 0 Å². The Labute approximate surface area is 80.2 Å². The second kappa shape index (κ2) is 3.13. The molecule has 1 rings (SSSR count). The Morgan fingerprint density at radius 2 is 2.00 bits per heavy atom. The van der Waals surface area contributed by atoms with Crippen LogP contribution in [0, 0.1) is 5.41 Å². The molecule has 0 aromatic rings. The Bertz CT molecular complexity index is 264. The van der Waals surface area contributed by atoms with Crippen LogP contribution in [0.3, 0.4) is 0 Å². The summed E-state index contributed by atoms with van der Waals surface area (Å²) in [6.45, 7) is 3.99. The van der Waals surface area contributed by atoms with Crippen LogP contribution in [0.2, 0.25) is 0 Å². The van der Waals surface area contributed by atoms with E-state index in [0.717, 1.165) is 6.29 Å². The van der Waals surface area contributed by atoms with Crippen molar-refractivity contribution in [3.8, 4) is 0 Å². The van der Waals surface area contributed by atoms with Crippen molar-refractivity contribution in [3.05, 3.63) is 10.1 Å². The first-order chi connectivity index (χ1) is 5.46. The molecule has 0 unspecified atom stereocenters. The van der Waals surface area contributed by atoms with Crippen molar-refractivity contribution in [1.29, 1.82) is 0 Å². The zero-order valence-corrected chi connectivity index (χ0v) is 8.77. The third-order valence-electron chi connectivity index (χ3n) is 1.98. The number of carbonyl (C=O) groups excluding carboxylic acids is 2. The number of halogens is 1. The van der Waals surface area contributed by atoms with Gasteiger partial charge in [0.1, 0.15) is 6.29 Å². The number of hydrogen-bond acceptors (Lipinski definition) is 2. The summed E-state index contributed by atoms with van der Waals surface area (Å²) in [6.07, 6.45) is 1.97. The Balaban J connectivity index is 3.03. The smallest absolute Gasteiger partial charge is 0.170 e. The minimum atomic E-state index is -0.0649. The topological polar surface area (TPSA) is 34.1 Å². The van der Waals surface area contributed by atoms with E-state index in [0.29, 0.717) is 22.9 Å². The van der Waals surface area contributed by atoms with Gasteiger partial charge in [-0.25, -0.2) is 0 Å². The third-order valence-corrected chi connectivity index (χ3v) is 2.93. The first-order valence-electron chi connectivity index (χ1n) is 3.83.